The molecule has 0 N–H and O–H groups in total. The minimum atomic E-state index is 1.27. The van der Waals surface area contributed by atoms with Gasteiger partial charge >= 0.3 is 0 Å². The van der Waals surface area contributed by atoms with Crippen molar-refractivity contribution in [1.82, 2.24) is 0 Å². The minimum Gasteiger partial charge on any atom is -0.125 e. The van der Waals surface area contributed by atoms with Gasteiger partial charge in [-0.15, -0.1) is 35.3 Å². The van der Waals surface area contributed by atoms with Crippen LogP contribution in [0.1, 0.15) is 445 Å². The molecular weight excluding hydrogens is 1030 g/mol. The molecule has 1 rings (SSSR count). The molecule has 479 valence electrons. The third-order valence-corrected chi connectivity index (χ3v) is 21.9. The Morgan fingerprint density at radius 3 is 0.481 bits per heavy atom. The maximum atomic E-state index is 3.62. The lowest BCUT2D eigenvalue weighted by atomic mass is 10.0. The van der Waals surface area contributed by atoms with Crippen LogP contribution in [0.4, 0.5) is 0 Å². The monoisotopic (exact) mass is 1180 g/mol. The number of thioether (sulfide) groups is 3. The molecule has 81 heavy (non-hydrogen) atoms. The molecule has 0 atom stereocenters. The first-order valence-electron chi connectivity index (χ1n) is 38.3. The van der Waals surface area contributed by atoms with Crippen molar-refractivity contribution in [2.45, 2.75) is 459 Å². The number of hydrogen-bond donors (Lipinski definition) is 0. The molecule has 0 saturated carbocycles. The van der Waals surface area contributed by atoms with Crippen LogP contribution >= 0.6 is 35.3 Å². The van der Waals surface area contributed by atoms with E-state index in [0.717, 1.165) is 0 Å². The van der Waals surface area contributed by atoms with Gasteiger partial charge in [-0.25, -0.2) is 0 Å². The van der Waals surface area contributed by atoms with E-state index >= 15 is 0 Å². The largest absolute Gasteiger partial charge is 0.125 e. The molecule has 0 aromatic heterocycles. The van der Waals surface area contributed by atoms with Crippen molar-refractivity contribution in [2.24, 2.45) is 0 Å². The fourth-order valence-corrected chi connectivity index (χ4v) is 16.1. The molecule has 0 heterocycles. The van der Waals surface area contributed by atoms with Gasteiger partial charge in [-0.1, -0.05) is 425 Å². The summed E-state index contributed by atoms with van der Waals surface area (Å²) < 4.78 is 0. The van der Waals surface area contributed by atoms with Crippen LogP contribution in [0.5, 0.6) is 0 Å². The van der Waals surface area contributed by atoms with Crippen molar-refractivity contribution in [3.8, 4) is 0 Å². The fraction of sp³-hybridized carbons (Fsp3) is 0.923. The molecule has 0 saturated heterocycles. The van der Waals surface area contributed by atoms with Gasteiger partial charge in [-0.05, 0) is 54.7 Å². The van der Waals surface area contributed by atoms with Crippen molar-refractivity contribution in [3.05, 3.63) is 18.2 Å². The number of benzene rings is 1. The molecule has 0 fully saturated rings. The van der Waals surface area contributed by atoms with Gasteiger partial charge in [0.15, 0.2) is 0 Å². The Bertz CT molecular complexity index is 1210. The standard InChI is InChI=1S/C78H149S3/c1-4-7-10-13-16-19-22-25-28-31-34-37-40-43-46-49-52-55-58-61-64-67-73-79-76-71-70-72-77(80-74-68-65-62-59-56-53-50-47-44-41-38-35-32-29-26-23-20-17-14-11-8-5-2)78(76)81-75-69-66-63-60-57-54-51-48-45-42-39-36-33-30-27-24-21-18-15-12-9-6-3/h71-72H,4-69,73-75H2,1-3H3. The van der Waals surface area contributed by atoms with Crippen LogP contribution in [0.3, 0.4) is 0 Å². The van der Waals surface area contributed by atoms with E-state index in [1.807, 2.05) is 0 Å². The van der Waals surface area contributed by atoms with E-state index in [2.05, 4.69) is 74.3 Å². The first kappa shape index (κ1) is 79.3. The Hall–Kier alpha value is 0.270. The van der Waals surface area contributed by atoms with Gasteiger partial charge in [0.25, 0.3) is 0 Å². The molecule has 3 heteroatoms. The maximum Gasteiger partial charge on any atom is 0.0345 e. The Balaban J connectivity index is 2.24. The van der Waals surface area contributed by atoms with E-state index in [0.29, 0.717) is 0 Å². The topological polar surface area (TPSA) is 0 Å². The predicted octanol–water partition coefficient (Wildman–Crippen LogP) is 30.6. The quantitative estimate of drug-likeness (QED) is 0.0471. The molecule has 0 nitrogen and oxygen atoms in total. The van der Waals surface area contributed by atoms with Gasteiger partial charge < -0.3 is 0 Å². The Morgan fingerprint density at radius 1 is 0.185 bits per heavy atom. The summed E-state index contributed by atoms with van der Waals surface area (Å²) in [6, 6.07) is 8.30. The second kappa shape index (κ2) is 71.0. The predicted molar refractivity (Wildman–Crippen MR) is 379 cm³/mol. The number of hydrogen-bond acceptors (Lipinski definition) is 3. The molecule has 1 radical (unpaired) electrons. The van der Waals surface area contributed by atoms with E-state index in [-0.39, 0.29) is 0 Å². The van der Waals surface area contributed by atoms with Gasteiger partial charge in [0.1, 0.15) is 0 Å². The Morgan fingerprint density at radius 2 is 0.321 bits per heavy atom. The van der Waals surface area contributed by atoms with Crippen molar-refractivity contribution in [3.63, 3.8) is 0 Å². The average Bonchev–Trinajstić information content (AvgIpc) is 3.48. The van der Waals surface area contributed by atoms with E-state index in [4.69, 9.17) is 0 Å². The fourth-order valence-electron chi connectivity index (χ4n) is 12.5. The van der Waals surface area contributed by atoms with Crippen molar-refractivity contribution in [2.75, 3.05) is 17.3 Å². The average molecular weight is 1180 g/mol. The lowest BCUT2D eigenvalue weighted by Gasteiger charge is -2.14. The smallest absolute Gasteiger partial charge is 0.0345 e. The van der Waals surface area contributed by atoms with Gasteiger partial charge in [0, 0.05) is 14.7 Å². The molecule has 1 aromatic rings. The lowest BCUT2D eigenvalue weighted by Crippen LogP contribution is -1.91. The van der Waals surface area contributed by atoms with E-state index in [9.17, 15) is 0 Å². The number of unbranched alkanes of at least 4 members (excludes halogenated alkanes) is 63. The van der Waals surface area contributed by atoms with Crippen LogP contribution in [0.15, 0.2) is 26.8 Å². The molecule has 0 bridgehead atoms. The summed E-state index contributed by atoms with van der Waals surface area (Å²) in [4.78, 5) is 4.66. The lowest BCUT2D eigenvalue weighted by molar-refractivity contribution is 0.520. The zero-order valence-corrected chi connectivity index (χ0v) is 58.6. The zero-order valence-electron chi connectivity index (χ0n) is 56.2. The van der Waals surface area contributed by atoms with Gasteiger partial charge in [0.2, 0.25) is 0 Å². The summed E-state index contributed by atoms with van der Waals surface area (Å²) in [6.45, 7) is 6.96. The molecule has 0 amide bonds. The highest BCUT2D eigenvalue weighted by Crippen LogP contribution is 2.40. The SMILES string of the molecule is CCCCCCCCCCCCCCCCCCCCCCCCSc1c[c]cc(SCCCCCCCCCCCCCCCCCCCCCCCC)c1SCCCCCCCCCCCCCCCCCCCCCCCC. The van der Waals surface area contributed by atoms with Gasteiger partial charge in [-0.2, -0.15) is 0 Å². The van der Waals surface area contributed by atoms with Crippen LogP contribution in [0.2, 0.25) is 0 Å². The summed E-state index contributed by atoms with van der Waals surface area (Å²) in [5.74, 6) is 3.82. The molecule has 0 spiro atoms. The molecular formula is C78H149S3. The van der Waals surface area contributed by atoms with Crippen LogP contribution in [-0.4, -0.2) is 17.3 Å². The van der Waals surface area contributed by atoms with Crippen LogP contribution < -0.4 is 0 Å². The van der Waals surface area contributed by atoms with Gasteiger partial charge in [-0.3, -0.25) is 0 Å². The van der Waals surface area contributed by atoms with Crippen LogP contribution in [0.25, 0.3) is 0 Å². The normalized spacial score (nSPS) is 11.7. The van der Waals surface area contributed by atoms with E-state index < -0.39 is 0 Å². The second-order valence-corrected chi connectivity index (χ2v) is 29.7. The third kappa shape index (κ3) is 61.7. The number of rotatable bonds is 72. The zero-order chi connectivity index (χ0) is 57.8. The molecule has 1 aromatic carbocycles. The highest BCUT2D eigenvalue weighted by molar-refractivity contribution is 8.03. The Kier molecular flexibility index (Phi) is 69.5. The maximum absolute atomic E-state index is 3.62. The third-order valence-electron chi connectivity index (χ3n) is 18.1. The summed E-state index contributed by atoms with van der Waals surface area (Å²) in [5.41, 5.74) is 0. The van der Waals surface area contributed by atoms with Crippen LogP contribution in [-0.2, 0) is 0 Å². The summed E-state index contributed by atoms with van der Waals surface area (Å²) in [5, 5.41) is 0. The Labute approximate surface area is 526 Å². The van der Waals surface area contributed by atoms with Crippen molar-refractivity contribution < 1.29 is 0 Å². The summed E-state index contributed by atoms with van der Waals surface area (Å²) in [7, 11) is 0. The first-order valence-corrected chi connectivity index (χ1v) is 41.2. The highest BCUT2D eigenvalue weighted by Gasteiger charge is 2.12. The molecule has 0 aliphatic rings. The van der Waals surface area contributed by atoms with Gasteiger partial charge in [0.05, 0.1) is 0 Å². The summed E-state index contributed by atoms with van der Waals surface area (Å²) in [6.07, 6.45) is 96.3. The van der Waals surface area contributed by atoms with Crippen molar-refractivity contribution in [1.29, 1.82) is 0 Å². The second-order valence-electron chi connectivity index (χ2n) is 26.3. The first-order chi connectivity index (χ1) is 40.3. The van der Waals surface area contributed by atoms with E-state index in [1.165, 1.54) is 451 Å². The molecule has 0 aliphatic carbocycles. The van der Waals surface area contributed by atoms with E-state index in [1.54, 1.807) is 4.90 Å². The molecule has 0 unspecified atom stereocenters. The molecule has 0 aliphatic heterocycles. The van der Waals surface area contributed by atoms with Crippen molar-refractivity contribution >= 4 is 35.3 Å². The minimum absolute atomic E-state index is 1.27. The summed E-state index contributed by atoms with van der Waals surface area (Å²) >= 11 is 6.48. The highest BCUT2D eigenvalue weighted by atomic mass is 32.2. The van der Waals surface area contributed by atoms with Crippen LogP contribution in [0, 0.1) is 6.07 Å².